The Morgan fingerprint density at radius 1 is 1.56 bits per heavy atom. The van der Waals surface area contributed by atoms with Crippen molar-refractivity contribution in [1.82, 2.24) is 9.88 Å². The summed E-state index contributed by atoms with van der Waals surface area (Å²) < 4.78 is 0. The van der Waals surface area contributed by atoms with Crippen LogP contribution in [0.25, 0.3) is 0 Å². The van der Waals surface area contributed by atoms with Crippen molar-refractivity contribution in [3.05, 3.63) is 23.9 Å². The van der Waals surface area contributed by atoms with Crippen LogP contribution in [0.4, 0.5) is 10.6 Å². The highest BCUT2D eigenvalue weighted by molar-refractivity contribution is 5.98. The fourth-order valence-corrected chi connectivity index (χ4v) is 1.02. The molecule has 0 saturated heterocycles. The van der Waals surface area contributed by atoms with E-state index in [0.29, 0.717) is 6.54 Å². The Morgan fingerprint density at radius 2 is 2.25 bits per heavy atom. The molecule has 0 radical (unpaired) electrons. The molecule has 1 aromatic rings. The predicted molar refractivity (Wildman–Crippen MR) is 58.5 cm³/mol. The van der Waals surface area contributed by atoms with Gasteiger partial charge in [-0.05, 0) is 19.1 Å². The first-order chi connectivity index (χ1) is 7.56. The first kappa shape index (κ1) is 12.0. The number of hydrogen-bond acceptors (Lipinski definition) is 3. The molecule has 0 aliphatic heterocycles. The Hall–Kier alpha value is -2.11. The van der Waals surface area contributed by atoms with Gasteiger partial charge in [0.25, 0.3) is 0 Å². The van der Waals surface area contributed by atoms with Gasteiger partial charge in [0.05, 0.1) is 0 Å². The first-order valence-electron chi connectivity index (χ1n) is 4.76. The van der Waals surface area contributed by atoms with Crippen molar-refractivity contribution in [2.24, 2.45) is 0 Å². The van der Waals surface area contributed by atoms with E-state index in [1.54, 1.807) is 7.05 Å². The summed E-state index contributed by atoms with van der Waals surface area (Å²) in [5.41, 5.74) is -0.0275. The Labute approximate surface area is 92.9 Å². The maximum Gasteiger partial charge on any atom is 0.339 e. The molecule has 0 spiro atoms. The van der Waals surface area contributed by atoms with Crippen LogP contribution >= 0.6 is 0 Å². The highest BCUT2D eigenvalue weighted by Gasteiger charge is 2.14. The lowest BCUT2D eigenvalue weighted by molar-refractivity contribution is 0.0697. The van der Waals surface area contributed by atoms with E-state index in [-0.39, 0.29) is 17.4 Å². The Bertz CT molecular complexity index is 406. The van der Waals surface area contributed by atoms with E-state index in [9.17, 15) is 9.59 Å². The molecule has 6 heteroatoms. The Kier molecular flexibility index (Phi) is 3.82. The molecule has 0 aromatic carbocycles. The summed E-state index contributed by atoms with van der Waals surface area (Å²) >= 11 is 0. The monoisotopic (exact) mass is 223 g/mol. The summed E-state index contributed by atoms with van der Waals surface area (Å²) in [6.45, 7) is 2.34. The molecule has 1 heterocycles. The predicted octanol–water partition coefficient (Wildman–Crippen LogP) is 1.26. The van der Waals surface area contributed by atoms with Crippen LogP contribution in [0.5, 0.6) is 0 Å². The number of rotatable bonds is 3. The third-order valence-corrected chi connectivity index (χ3v) is 2.08. The van der Waals surface area contributed by atoms with Gasteiger partial charge >= 0.3 is 12.0 Å². The zero-order chi connectivity index (χ0) is 12.1. The maximum absolute atomic E-state index is 11.5. The van der Waals surface area contributed by atoms with Gasteiger partial charge in [-0.25, -0.2) is 14.6 Å². The van der Waals surface area contributed by atoms with Crippen molar-refractivity contribution in [2.45, 2.75) is 6.92 Å². The number of carboxylic acid groups (broad SMARTS) is 1. The van der Waals surface area contributed by atoms with Gasteiger partial charge in [-0.1, -0.05) is 0 Å². The summed E-state index contributed by atoms with van der Waals surface area (Å²) in [6, 6.07) is 2.50. The van der Waals surface area contributed by atoms with Gasteiger partial charge in [0, 0.05) is 19.8 Å². The number of nitrogens with one attached hydrogen (secondary N) is 1. The second kappa shape index (κ2) is 5.11. The van der Waals surface area contributed by atoms with Gasteiger partial charge in [-0.15, -0.1) is 0 Å². The van der Waals surface area contributed by atoms with Crippen LogP contribution in [0.3, 0.4) is 0 Å². The number of amides is 2. The normalized spacial score (nSPS) is 9.62. The molecule has 0 unspecified atom stereocenters. The zero-order valence-corrected chi connectivity index (χ0v) is 9.10. The van der Waals surface area contributed by atoms with Crippen LogP contribution in [0, 0.1) is 0 Å². The summed E-state index contributed by atoms with van der Waals surface area (Å²) in [5, 5.41) is 11.3. The molecule has 1 aromatic heterocycles. The largest absolute Gasteiger partial charge is 0.478 e. The van der Waals surface area contributed by atoms with Crippen molar-refractivity contribution >= 4 is 17.8 Å². The number of urea groups is 1. The van der Waals surface area contributed by atoms with Crippen LogP contribution in [-0.2, 0) is 0 Å². The minimum atomic E-state index is -1.12. The fraction of sp³-hybridized carbons (Fsp3) is 0.300. The summed E-state index contributed by atoms with van der Waals surface area (Å²) in [6.07, 6.45) is 1.42. The molecule has 6 nitrogen and oxygen atoms in total. The fourth-order valence-electron chi connectivity index (χ4n) is 1.02. The number of anilines is 1. The molecule has 1 rings (SSSR count). The summed E-state index contributed by atoms with van der Waals surface area (Å²) in [5.74, 6) is -1.07. The lowest BCUT2D eigenvalue weighted by atomic mass is 10.2. The van der Waals surface area contributed by atoms with Crippen LogP contribution in [0.15, 0.2) is 18.3 Å². The lowest BCUT2D eigenvalue weighted by Crippen LogP contribution is -2.31. The van der Waals surface area contributed by atoms with Crippen LogP contribution in [0.1, 0.15) is 17.3 Å². The quantitative estimate of drug-likeness (QED) is 0.808. The molecule has 0 aliphatic carbocycles. The third-order valence-electron chi connectivity index (χ3n) is 2.08. The summed E-state index contributed by atoms with van der Waals surface area (Å²) in [4.78, 5) is 27.6. The number of aromatic nitrogens is 1. The standard InChI is InChI=1S/C10H13N3O3/c1-3-13(2)10(16)12-8-7(9(14)15)5-4-6-11-8/h4-6H,3H2,1-2H3,(H,14,15)(H,11,12,16). The van der Waals surface area contributed by atoms with E-state index in [0.717, 1.165) is 0 Å². The number of carbonyl (C=O) groups excluding carboxylic acids is 1. The van der Waals surface area contributed by atoms with E-state index in [1.165, 1.54) is 23.2 Å². The van der Waals surface area contributed by atoms with Crippen molar-refractivity contribution in [3.63, 3.8) is 0 Å². The third kappa shape index (κ3) is 2.69. The number of hydrogen-bond donors (Lipinski definition) is 2. The zero-order valence-electron chi connectivity index (χ0n) is 9.10. The average Bonchev–Trinajstić information content (AvgIpc) is 2.28. The number of carbonyl (C=O) groups is 2. The first-order valence-corrected chi connectivity index (χ1v) is 4.76. The van der Waals surface area contributed by atoms with Gasteiger partial charge in [-0.2, -0.15) is 0 Å². The molecule has 0 fully saturated rings. The molecule has 0 bridgehead atoms. The number of pyridine rings is 1. The number of aromatic carboxylic acids is 1. The molecule has 0 atom stereocenters. The van der Waals surface area contributed by atoms with Crippen molar-refractivity contribution in [2.75, 3.05) is 18.9 Å². The second-order valence-corrected chi connectivity index (χ2v) is 3.15. The topological polar surface area (TPSA) is 82.5 Å². The molecular formula is C10H13N3O3. The molecule has 2 N–H and O–H groups in total. The molecule has 16 heavy (non-hydrogen) atoms. The molecule has 86 valence electrons. The molecular weight excluding hydrogens is 210 g/mol. The average molecular weight is 223 g/mol. The van der Waals surface area contributed by atoms with E-state index in [4.69, 9.17) is 5.11 Å². The lowest BCUT2D eigenvalue weighted by Gasteiger charge is -2.15. The van der Waals surface area contributed by atoms with Crippen LogP contribution in [-0.4, -0.2) is 40.6 Å². The van der Waals surface area contributed by atoms with Crippen LogP contribution < -0.4 is 5.32 Å². The Balaban J connectivity index is 2.89. The van der Waals surface area contributed by atoms with Crippen molar-refractivity contribution in [3.8, 4) is 0 Å². The van der Waals surface area contributed by atoms with Gasteiger partial charge in [0.15, 0.2) is 0 Å². The van der Waals surface area contributed by atoms with E-state index in [2.05, 4.69) is 10.3 Å². The van der Waals surface area contributed by atoms with Crippen LogP contribution in [0.2, 0.25) is 0 Å². The highest BCUT2D eigenvalue weighted by atomic mass is 16.4. The maximum atomic E-state index is 11.5. The smallest absolute Gasteiger partial charge is 0.339 e. The van der Waals surface area contributed by atoms with Gasteiger partial charge in [0.1, 0.15) is 11.4 Å². The van der Waals surface area contributed by atoms with Crippen molar-refractivity contribution < 1.29 is 14.7 Å². The van der Waals surface area contributed by atoms with E-state index in [1.807, 2.05) is 6.92 Å². The Morgan fingerprint density at radius 3 is 2.81 bits per heavy atom. The number of nitrogens with zero attached hydrogens (tertiary/aromatic N) is 2. The molecule has 0 aliphatic rings. The summed E-state index contributed by atoms with van der Waals surface area (Å²) in [7, 11) is 1.61. The van der Waals surface area contributed by atoms with E-state index < -0.39 is 5.97 Å². The van der Waals surface area contributed by atoms with Gasteiger partial charge < -0.3 is 10.0 Å². The molecule has 0 saturated carbocycles. The number of carboxylic acids is 1. The molecule has 2 amide bonds. The highest BCUT2D eigenvalue weighted by Crippen LogP contribution is 2.11. The minimum Gasteiger partial charge on any atom is -0.478 e. The second-order valence-electron chi connectivity index (χ2n) is 3.15. The van der Waals surface area contributed by atoms with Gasteiger partial charge in [0.2, 0.25) is 0 Å². The van der Waals surface area contributed by atoms with Gasteiger partial charge in [-0.3, -0.25) is 5.32 Å². The van der Waals surface area contributed by atoms with E-state index >= 15 is 0 Å². The van der Waals surface area contributed by atoms with Crippen molar-refractivity contribution in [1.29, 1.82) is 0 Å². The SMILES string of the molecule is CCN(C)C(=O)Nc1ncccc1C(=O)O. The minimum absolute atomic E-state index is 0.0275.